The van der Waals surface area contributed by atoms with E-state index in [0.29, 0.717) is 0 Å². The Morgan fingerprint density at radius 2 is 2.12 bits per heavy atom. The molecule has 3 heterocycles. The number of rotatable bonds is 2. The fourth-order valence-corrected chi connectivity index (χ4v) is 3.14. The van der Waals surface area contributed by atoms with Crippen LogP contribution in [0.1, 0.15) is 11.1 Å². The van der Waals surface area contributed by atoms with Crippen LogP contribution in [0.4, 0.5) is 0 Å². The second kappa shape index (κ2) is 3.47. The van der Waals surface area contributed by atoms with Crippen LogP contribution in [0.15, 0.2) is 18.2 Å². The molecule has 0 spiro atoms. The van der Waals surface area contributed by atoms with Crippen LogP contribution in [0.25, 0.3) is 0 Å². The second-order valence-corrected chi connectivity index (χ2v) is 5.43. The average Bonchev–Trinajstić information content (AvgIpc) is 2.67. The quantitative estimate of drug-likeness (QED) is 0.827. The van der Waals surface area contributed by atoms with Crippen molar-refractivity contribution in [1.29, 1.82) is 0 Å². The molecule has 0 atom stereocenters. The molecule has 1 aromatic carbocycles. The van der Waals surface area contributed by atoms with Gasteiger partial charge in [0.25, 0.3) is 0 Å². The molecule has 3 heteroatoms. The van der Waals surface area contributed by atoms with Gasteiger partial charge >= 0.3 is 0 Å². The summed E-state index contributed by atoms with van der Waals surface area (Å²) in [5.74, 6) is 1.83. The van der Waals surface area contributed by atoms with Crippen LogP contribution in [0.3, 0.4) is 0 Å². The molecule has 2 saturated heterocycles. The maximum Gasteiger partial charge on any atom is 0.122 e. The number of fused-ring (bicyclic) bond motifs is 1. The van der Waals surface area contributed by atoms with Gasteiger partial charge < -0.3 is 14.8 Å². The molecule has 1 aromatic rings. The van der Waals surface area contributed by atoms with Gasteiger partial charge in [-0.15, -0.1) is 0 Å². The lowest BCUT2D eigenvalue weighted by molar-refractivity contribution is -0.101. The lowest BCUT2D eigenvalue weighted by atomic mass is 9.66. The van der Waals surface area contributed by atoms with Gasteiger partial charge in [0.1, 0.15) is 5.75 Å². The maximum absolute atomic E-state index is 5.57. The fraction of sp³-hybridized carbons (Fsp3) is 0.571. The normalized spacial score (nSPS) is 25.6. The van der Waals surface area contributed by atoms with Crippen LogP contribution >= 0.6 is 0 Å². The van der Waals surface area contributed by atoms with Gasteiger partial charge in [-0.25, -0.2) is 0 Å². The minimum Gasteiger partial charge on any atom is -0.493 e. The minimum atomic E-state index is 0.281. The Balaban J connectivity index is 1.72. The van der Waals surface area contributed by atoms with E-state index in [1.807, 2.05) is 0 Å². The van der Waals surface area contributed by atoms with Crippen LogP contribution in [-0.2, 0) is 16.6 Å². The summed E-state index contributed by atoms with van der Waals surface area (Å²) in [7, 11) is 0. The largest absolute Gasteiger partial charge is 0.493 e. The fourth-order valence-electron chi connectivity index (χ4n) is 3.14. The van der Waals surface area contributed by atoms with E-state index >= 15 is 0 Å². The van der Waals surface area contributed by atoms with Gasteiger partial charge in [-0.3, -0.25) is 0 Å². The zero-order valence-electron chi connectivity index (χ0n) is 9.87. The summed E-state index contributed by atoms with van der Waals surface area (Å²) < 4.78 is 11.1. The molecule has 90 valence electrons. The number of benzene rings is 1. The number of hydrogen-bond donors (Lipinski definition) is 1. The van der Waals surface area contributed by atoms with Crippen LogP contribution < -0.4 is 10.1 Å². The highest BCUT2D eigenvalue weighted by Crippen LogP contribution is 2.43. The summed E-state index contributed by atoms with van der Waals surface area (Å²) in [6.45, 7) is 4.89. The summed E-state index contributed by atoms with van der Waals surface area (Å²) in [6, 6.07) is 6.73. The van der Waals surface area contributed by atoms with Gasteiger partial charge in [0, 0.05) is 24.9 Å². The van der Waals surface area contributed by atoms with E-state index in [0.717, 1.165) is 51.0 Å². The molecule has 0 bridgehead atoms. The molecule has 0 aromatic heterocycles. The summed E-state index contributed by atoms with van der Waals surface area (Å²) in [4.78, 5) is 0. The van der Waals surface area contributed by atoms with Gasteiger partial charge in [-0.1, -0.05) is 12.1 Å². The highest BCUT2D eigenvalue weighted by molar-refractivity contribution is 5.44. The van der Waals surface area contributed by atoms with Gasteiger partial charge in [-0.05, 0) is 23.1 Å². The van der Waals surface area contributed by atoms with E-state index in [9.17, 15) is 0 Å². The van der Waals surface area contributed by atoms with E-state index in [-0.39, 0.29) is 5.41 Å². The zero-order valence-corrected chi connectivity index (χ0v) is 9.87. The first-order valence-corrected chi connectivity index (χ1v) is 6.43. The molecule has 0 aliphatic carbocycles. The average molecular weight is 231 g/mol. The standard InChI is InChI=1S/C14H17NO2/c1-2-13-10(3-4-17-13)5-11(1)14(8-16-9-14)12-6-15-7-12/h1-2,5,12,15H,3-4,6-9H2. The van der Waals surface area contributed by atoms with Crippen LogP contribution in [0.2, 0.25) is 0 Å². The van der Waals surface area contributed by atoms with E-state index in [1.54, 1.807) is 0 Å². The Morgan fingerprint density at radius 1 is 1.24 bits per heavy atom. The number of hydrogen-bond acceptors (Lipinski definition) is 3. The van der Waals surface area contributed by atoms with Crippen molar-refractivity contribution in [3.63, 3.8) is 0 Å². The predicted octanol–water partition coefficient (Wildman–Crippen LogP) is 1.11. The molecule has 4 rings (SSSR count). The van der Waals surface area contributed by atoms with Crippen molar-refractivity contribution in [2.45, 2.75) is 11.8 Å². The first-order valence-electron chi connectivity index (χ1n) is 6.43. The highest BCUT2D eigenvalue weighted by atomic mass is 16.5. The molecule has 3 aliphatic rings. The van der Waals surface area contributed by atoms with E-state index < -0.39 is 0 Å². The van der Waals surface area contributed by atoms with Gasteiger partial charge in [0.05, 0.1) is 19.8 Å². The first-order chi connectivity index (χ1) is 8.38. The molecule has 0 amide bonds. The zero-order chi connectivity index (χ0) is 11.3. The van der Waals surface area contributed by atoms with Crippen molar-refractivity contribution in [2.24, 2.45) is 5.92 Å². The Hall–Kier alpha value is -1.06. The Kier molecular flexibility index (Phi) is 2.02. The van der Waals surface area contributed by atoms with Crippen LogP contribution in [0.5, 0.6) is 5.75 Å². The van der Waals surface area contributed by atoms with Crippen LogP contribution in [-0.4, -0.2) is 32.9 Å². The lowest BCUT2D eigenvalue weighted by Crippen LogP contribution is -2.62. The molecule has 3 nitrogen and oxygen atoms in total. The van der Waals surface area contributed by atoms with Crippen molar-refractivity contribution >= 4 is 0 Å². The van der Waals surface area contributed by atoms with Crippen molar-refractivity contribution < 1.29 is 9.47 Å². The maximum atomic E-state index is 5.57. The third kappa shape index (κ3) is 1.30. The first kappa shape index (κ1) is 9.92. The van der Waals surface area contributed by atoms with Gasteiger partial charge in [-0.2, -0.15) is 0 Å². The molecule has 1 N–H and O–H groups in total. The Bertz CT molecular complexity index is 450. The Morgan fingerprint density at radius 3 is 2.76 bits per heavy atom. The van der Waals surface area contributed by atoms with Gasteiger partial charge in [0.15, 0.2) is 0 Å². The molecule has 3 aliphatic heterocycles. The summed E-state index contributed by atoms with van der Waals surface area (Å²) >= 11 is 0. The smallest absolute Gasteiger partial charge is 0.122 e. The summed E-state index contributed by atoms with van der Waals surface area (Å²) in [5.41, 5.74) is 3.11. The minimum absolute atomic E-state index is 0.281. The van der Waals surface area contributed by atoms with Crippen molar-refractivity contribution in [3.05, 3.63) is 29.3 Å². The summed E-state index contributed by atoms with van der Waals surface area (Å²) in [6.07, 6.45) is 1.06. The van der Waals surface area contributed by atoms with Crippen LogP contribution in [0, 0.1) is 5.92 Å². The van der Waals surface area contributed by atoms with Crippen molar-refractivity contribution in [1.82, 2.24) is 5.32 Å². The summed E-state index contributed by atoms with van der Waals surface area (Å²) in [5, 5.41) is 3.38. The Labute approximate surface area is 101 Å². The molecule has 17 heavy (non-hydrogen) atoms. The SMILES string of the molecule is c1cc2c(cc1C1(C3CNC3)COC1)CCO2. The number of nitrogens with one attached hydrogen (secondary N) is 1. The predicted molar refractivity (Wildman–Crippen MR) is 64.5 cm³/mol. The number of ether oxygens (including phenoxy) is 2. The van der Waals surface area contributed by atoms with E-state index in [1.165, 1.54) is 11.1 Å². The third-order valence-electron chi connectivity index (χ3n) is 4.55. The highest BCUT2D eigenvalue weighted by Gasteiger charge is 2.49. The molecule has 0 saturated carbocycles. The van der Waals surface area contributed by atoms with Gasteiger partial charge in [0.2, 0.25) is 0 Å². The molecule has 0 radical (unpaired) electrons. The van der Waals surface area contributed by atoms with Crippen molar-refractivity contribution in [2.75, 3.05) is 32.9 Å². The third-order valence-corrected chi connectivity index (χ3v) is 4.55. The molecule has 2 fully saturated rings. The lowest BCUT2D eigenvalue weighted by Gasteiger charge is -2.51. The monoisotopic (exact) mass is 231 g/mol. The molecular weight excluding hydrogens is 214 g/mol. The van der Waals surface area contributed by atoms with E-state index in [4.69, 9.17) is 9.47 Å². The van der Waals surface area contributed by atoms with E-state index in [2.05, 4.69) is 23.5 Å². The van der Waals surface area contributed by atoms with Crippen molar-refractivity contribution in [3.8, 4) is 5.75 Å². The molecule has 0 unspecified atom stereocenters. The molecular formula is C14H17NO2. The topological polar surface area (TPSA) is 30.5 Å². The second-order valence-electron chi connectivity index (χ2n) is 5.43.